The van der Waals surface area contributed by atoms with Gasteiger partial charge in [0.05, 0.1) is 24.6 Å². The van der Waals surface area contributed by atoms with Crippen molar-refractivity contribution >= 4 is 17.7 Å². The average molecular weight is 305 g/mol. The second kappa shape index (κ2) is 7.13. The second-order valence-electron chi connectivity index (χ2n) is 4.89. The highest BCUT2D eigenvalue weighted by molar-refractivity contribution is 6.01. The Hall–Kier alpha value is -3.28. The standard InChI is InChI=1S/C17H15N5O/c23-17(19-15-7-4-10-18-11-15)9-8-16-13-22(21-20-16)12-14-5-2-1-3-6-14/h1-11,13H,12H2,(H,19,23)/b9-8+. The van der Waals surface area contributed by atoms with Crippen LogP contribution in [0.15, 0.2) is 67.1 Å². The Bertz CT molecular complexity index is 796. The summed E-state index contributed by atoms with van der Waals surface area (Å²) in [5, 5.41) is 10.8. The molecule has 1 N–H and O–H groups in total. The summed E-state index contributed by atoms with van der Waals surface area (Å²) >= 11 is 0. The van der Waals surface area contributed by atoms with Gasteiger partial charge < -0.3 is 5.32 Å². The van der Waals surface area contributed by atoms with Crippen LogP contribution in [0.4, 0.5) is 5.69 Å². The van der Waals surface area contributed by atoms with Gasteiger partial charge in [-0.05, 0) is 23.8 Å². The fourth-order valence-corrected chi connectivity index (χ4v) is 2.02. The minimum atomic E-state index is -0.240. The number of aromatic nitrogens is 4. The molecule has 3 rings (SSSR count). The number of hydrogen-bond acceptors (Lipinski definition) is 4. The molecule has 0 aliphatic heterocycles. The van der Waals surface area contributed by atoms with Gasteiger partial charge in [0, 0.05) is 12.3 Å². The Morgan fingerprint density at radius 1 is 1.17 bits per heavy atom. The molecular formula is C17H15N5O. The number of anilines is 1. The van der Waals surface area contributed by atoms with Gasteiger partial charge in [-0.25, -0.2) is 4.68 Å². The third-order valence-electron chi connectivity index (χ3n) is 3.08. The molecule has 6 nitrogen and oxygen atoms in total. The molecule has 0 spiro atoms. The number of nitrogens with one attached hydrogen (secondary N) is 1. The molecule has 0 fully saturated rings. The second-order valence-corrected chi connectivity index (χ2v) is 4.89. The first-order chi connectivity index (χ1) is 11.3. The van der Waals surface area contributed by atoms with Gasteiger partial charge in [-0.1, -0.05) is 35.5 Å². The Labute approximate surface area is 133 Å². The van der Waals surface area contributed by atoms with E-state index in [1.807, 2.05) is 30.3 Å². The smallest absolute Gasteiger partial charge is 0.248 e. The van der Waals surface area contributed by atoms with Crippen LogP contribution in [0.5, 0.6) is 0 Å². The number of benzene rings is 1. The molecule has 0 radical (unpaired) electrons. The van der Waals surface area contributed by atoms with Crippen LogP contribution in [0.1, 0.15) is 11.3 Å². The van der Waals surface area contributed by atoms with E-state index in [0.29, 0.717) is 17.9 Å². The van der Waals surface area contributed by atoms with E-state index in [1.54, 1.807) is 41.5 Å². The van der Waals surface area contributed by atoms with Gasteiger partial charge in [-0.15, -0.1) is 5.10 Å². The molecule has 0 aliphatic carbocycles. The van der Waals surface area contributed by atoms with Crippen LogP contribution >= 0.6 is 0 Å². The number of nitrogens with zero attached hydrogens (tertiary/aromatic N) is 4. The highest BCUT2D eigenvalue weighted by Crippen LogP contribution is 2.05. The number of carbonyl (C=O) groups is 1. The number of carbonyl (C=O) groups excluding carboxylic acids is 1. The Balaban J connectivity index is 1.59. The van der Waals surface area contributed by atoms with Crippen molar-refractivity contribution in [2.24, 2.45) is 0 Å². The average Bonchev–Trinajstić information content (AvgIpc) is 3.02. The first kappa shape index (κ1) is 14.6. The fraction of sp³-hybridized carbons (Fsp3) is 0.0588. The van der Waals surface area contributed by atoms with E-state index in [1.165, 1.54) is 6.08 Å². The van der Waals surface area contributed by atoms with Gasteiger partial charge >= 0.3 is 0 Å². The molecule has 0 unspecified atom stereocenters. The number of rotatable bonds is 5. The normalized spacial score (nSPS) is 10.8. The van der Waals surface area contributed by atoms with Crippen molar-refractivity contribution in [2.75, 3.05) is 5.32 Å². The van der Waals surface area contributed by atoms with E-state index in [2.05, 4.69) is 20.6 Å². The third kappa shape index (κ3) is 4.34. The van der Waals surface area contributed by atoms with Crippen LogP contribution < -0.4 is 5.32 Å². The predicted molar refractivity (Wildman–Crippen MR) is 87.5 cm³/mol. The first-order valence-electron chi connectivity index (χ1n) is 7.13. The zero-order chi connectivity index (χ0) is 15.9. The lowest BCUT2D eigenvalue weighted by molar-refractivity contribution is -0.111. The van der Waals surface area contributed by atoms with Crippen molar-refractivity contribution in [3.05, 3.63) is 78.4 Å². The van der Waals surface area contributed by atoms with Crippen molar-refractivity contribution in [1.29, 1.82) is 0 Å². The summed E-state index contributed by atoms with van der Waals surface area (Å²) in [6.07, 6.45) is 8.07. The molecule has 0 bridgehead atoms. The monoisotopic (exact) mass is 305 g/mol. The summed E-state index contributed by atoms with van der Waals surface area (Å²) in [6.45, 7) is 0.642. The highest BCUT2D eigenvalue weighted by Gasteiger charge is 2.01. The van der Waals surface area contributed by atoms with Crippen LogP contribution in [0.3, 0.4) is 0 Å². The topological polar surface area (TPSA) is 72.7 Å². The van der Waals surface area contributed by atoms with Gasteiger partial charge in [0.25, 0.3) is 0 Å². The lowest BCUT2D eigenvalue weighted by atomic mass is 10.2. The fourth-order valence-electron chi connectivity index (χ4n) is 2.02. The van der Waals surface area contributed by atoms with Gasteiger partial charge in [-0.3, -0.25) is 9.78 Å². The lowest BCUT2D eigenvalue weighted by Crippen LogP contribution is -2.07. The Morgan fingerprint density at radius 3 is 2.83 bits per heavy atom. The minimum Gasteiger partial charge on any atom is -0.321 e. The largest absolute Gasteiger partial charge is 0.321 e. The predicted octanol–water partition coefficient (Wildman–Crippen LogP) is 2.37. The zero-order valence-corrected chi connectivity index (χ0v) is 12.3. The van der Waals surface area contributed by atoms with E-state index in [-0.39, 0.29) is 5.91 Å². The van der Waals surface area contributed by atoms with Crippen LogP contribution in [0.2, 0.25) is 0 Å². The van der Waals surface area contributed by atoms with E-state index in [4.69, 9.17) is 0 Å². The Kier molecular flexibility index (Phi) is 4.54. The molecule has 1 aromatic carbocycles. The van der Waals surface area contributed by atoms with Crippen molar-refractivity contribution in [2.45, 2.75) is 6.54 Å². The molecule has 114 valence electrons. The lowest BCUT2D eigenvalue weighted by Gasteiger charge is -1.99. The number of amides is 1. The summed E-state index contributed by atoms with van der Waals surface area (Å²) in [4.78, 5) is 15.7. The van der Waals surface area contributed by atoms with E-state index >= 15 is 0 Å². The molecular weight excluding hydrogens is 290 g/mol. The maximum Gasteiger partial charge on any atom is 0.248 e. The molecule has 2 aromatic heterocycles. The maximum absolute atomic E-state index is 11.8. The molecule has 3 aromatic rings. The van der Waals surface area contributed by atoms with Crippen molar-refractivity contribution in [3.63, 3.8) is 0 Å². The summed E-state index contributed by atoms with van der Waals surface area (Å²) in [5.41, 5.74) is 2.42. The minimum absolute atomic E-state index is 0.240. The molecule has 6 heteroatoms. The van der Waals surface area contributed by atoms with E-state index in [9.17, 15) is 4.79 Å². The van der Waals surface area contributed by atoms with Crippen molar-refractivity contribution < 1.29 is 4.79 Å². The molecule has 0 saturated carbocycles. The summed E-state index contributed by atoms with van der Waals surface area (Å²) in [6, 6.07) is 13.5. The molecule has 2 heterocycles. The number of hydrogen-bond donors (Lipinski definition) is 1. The quantitative estimate of drug-likeness (QED) is 0.735. The summed E-state index contributed by atoms with van der Waals surface area (Å²) in [7, 11) is 0. The molecule has 23 heavy (non-hydrogen) atoms. The SMILES string of the molecule is O=C(/C=C/c1cn(Cc2ccccc2)nn1)Nc1cccnc1. The van der Waals surface area contributed by atoms with Gasteiger partial charge in [0.2, 0.25) is 5.91 Å². The van der Waals surface area contributed by atoms with Crippen LogP contribution in [-0.4, -0.2) is 25.9 Å². The summed E-state index contributed by atoms with van der Waals surface area (Å²) < 4.78 is 1.73. The van der Waals surface area contributed by atoms with Crippen LogP contribution in [-0.2, 0) is 11.3 Å². The van der Waals surface area contributed by atoms with Crippen molar-refractivity contribution in [3.8, 4) is 0 Å². The zero-order valence-electron chi connectivity index (χ0n) is 12.3. The molecule has 0 saturated heterocycles. The van der Waals surface area contributed by atoms with Gasteiger partial charge in [0.1, 0.15) is 5.69 Å². The van der Waals surface area contributed by atoms with E-state index < -0.39 is 0 Å². The van der Waals surface area contributed by atoms with Crippen LogP contribution in [0, 0.1) is 0 Å². The van der Waals surface area contributed by atoms with Crippen molar-refractivity contribution in [1.82, 2.24) is 20.0 Å². The Morgan fingerprint density at radius 2 is 2.04 bits per heavy atom. The highest BCUT2D eigenvalue weighted by atomic mass is 16.1. The third-order valence-corrected chi connectivity index (χ3v) is 3.08. The summed E-state index contributed by atoms with van der Waals surface area (Å²) in [5.74, 6) is -0.240. The van der Waals surface area contributed by atoms with E-state index in [0.717, 1.165) is 5.56 Å². The van der Waals surface area contributed by atoms with Crippen LogP contribution in [0.25, 0.3) is 6.08 Å². The molecule has 0 atom stereocenters. The molecule has 1 amide bonds. The number of pyridine rings is 1. The van der Waals surface area contributed by atoms with Gasteiger partial charge in [0.15, 0.2) is 0 Å². The van der Waals surface area contributed by atoms with Gasteiger partial charge in [-0.2, -0.15) is 0 Å². The molecule has 0 aliphatic rings. The maximum atomic E-state index is 11.8. The first-order valence-corrected chi connectivity index (χ1v) is 7.13.